The largest absolute Gasteiger partial charge is 0.269 e. The zero-order chi connectivity index (χ0) is 13.7. The maximum atomic E-state index is 10.6. The second kappa shape index (κ2) is 6.14. The van der Waals surface area contributed by atoms with Crippen molar-refractivity contribution >= 4 is 5.69 Å². The summed E-state index contributed by atoms with van der Waals surface area (Å²) >= 11 is 0. The van der Waals surface area contributed by atoms with Gasteiger partial charge in [0.1, 0.15) is 0 Å². The SMILES string of the molecule is [CH2]C(CCc1ccccc1)c1ccc([N+](=O)[O-])cc1. The Labute approximate surface area is 113 Å². The molecule has 0 bridgehead atoms. The van der Waals surface area contributed by atoms with Gasteiger partial charge in [-0.1, -0.05) is 42.5 Å². The lowest BCUT2D eigenvalue weighted by molar-refractivity contribution is -0.384. The van der Waals surface area contributed by atoms with E-state index in [1.165, 1.54) is 17.7 Å². The summed E-state index contributed by atoms with van der Waals surface area (Å²) < 4.78 is 0. The number of hydrogen-bond donors (Lipinski definition) is 0. The van der Waals surface area contributed by atoms with Crippen molar-refractivity contribution in [3.8, 4) is 0 Å². The van der Waals surface area contributed by atoms with E-state index in [1.807, 2.05) is 18.2 Å². The van der Waals surface area contributed by atoms with Crippen LogP contribution in [0, 0.1) is 17.0 Å². The van der Waals surface area contributed by atoms with Crippen LogP contribution in [0.2, 0.25) is 0 Å². The molecule has 0 aromatic heterocycles. The normalized spacial score (nSPS) is 12.1. The van der Waals surface area contributed by atoms with E-state index in [1.54, 1.807) is 12.1 Å². The molecule has 0 saturated heterocycles. The number of hydrogen-bond acceptors (Lipinski definition) is 2. The molecule has 2 aromatic rings. The fourth-order valence-corrected chi connectivity index (χ4v) is 2.02. The molecular weight excluding hydrogens is 238 g/mol. The summed E-state index contributed by atoms with van der Waals surface area (Å²) in [4.78, 5) is 10.2. The van der Waals surface area contributed by atoms with Gasteiger partial charge in [-0.3, -0.25) is 10.1 Å². The van der Waals surface area contributed by atoms with E-state index in [2.05, 4.69) is 19.1 Å². The van der Waals surface area contributed by atoms with E-state index in [4.69, 9.17) is 0 Å². The zero-order valence-corrected chi connectivity index (χ0v) is 10.7. The maximum absolute atomic E-state index is 10.6. The van der Waals surface area contributed by atoms with E-state index >= 15 is 0 Å². The molecule has 97 valence electrons. The van der Waals surface area contributed by atoms with Crippen LogP contribution in [-0.4, -0.2) is 4.92 Å². The summed E-state index contributed by atoms with van der Waals surface area (Å²) in [6.07, 6.45) is 1.90. The highest BCUT2D eigenvalue weighted by Crippen LogP contribution is 2.23. The van der Waals surface area contributed by atoms with Gasteiger partial charge in [-0.15, -0.1) is 0 Å². The highest BCUT2D eigenvalue weighted by atomic mass is 16.6. The first-order chi connectivity index (χ1) is 9.16. The van der Waals surface area contributed by atoms with Gasteiger partial charge in [0.25, 0.3) is 5.69 Å². The first kappa shape index (κ1) is 13.3. The molecule has 3 nitrogen and oxygen atoms in total. The molecule has 2 aromatic carbocycles. The van der Waals surface area contributed by atoms with Crippen LogP contribution in [0.3, 0.4) is 0 Å². The Morgan fingerprint density at radius 3 is 2.26 bits per heavy atom. The molecule has 0 aliphatic rings. The van der Waals surface area contributed by atoms with Crippen molar-refractivity contribution in [2.75, 3.05) is 0 Å². The van der Waals surface area contributed by atoms with Gasteiger partial charge in [-0.05, 0) is 36.8 Å². The smallest absolute Gasteiger partial charge is 0.258 e. The Morgan fingerprint density at radius 2 is 1.68 bits per heavy atom. The number of nitrogens with zero attached hydrogens (tertiary/aromatic N) is 1. The zero-order valence-electron chi connectivity index (χ0n) is 10.7. The van der Waals surface area contributed by atoms with Crippen LogP contribution in [0.5, 0.6) is 0 Å². The molecule has 0 fully saturated rings. The lowest BCUT2D eigenvalue weighted by atomic mass is 9.94. The number of non-ortho nitro benzene ring substituents is 1. The first-order valence-corrected chi connectivity index (χ1v) is 6.28. The number of benzene rings is 2. The highest BCUT2D eigenvalue weighted by Gasteiger charge is 2.09. The third kappa shape index (κ3) is 3.65. The van der Waals surface area contributed by atoms with Gasteiger partial charge in [0.15, 0.2) is 0 Å². The molecule has 0 saturated carbocycles. The highest BCUT2D eigenvalue weighted by molar-refractivity contribution is 5.34. The topological polar surface area (TPSA) is 43.1 Å². The molecule has 1 unspecified atom stereocenters. The summed E-state index contributed by atoms with van der Waals surface area (Å²) in [5.74, 6) is 0.154. The molecule has 0 N–H and O–H groups in total. The van der Waals surface area contributed by atoms with Gasteiger partial charge in [0.05, 0.1) is 4.92 Å². The average Bonchev–Trinajstić information content (AvgIpc) is 2.46. The van der Waals surface area contributed by atoms with Crippen LogP contribution in [0.25, 0.3) is 0 Å². The van der Waals surface area contributed by atoms with Gasteiger partial charge < -0.3 is 0 Å². The first-order valence-electron chi connectivity index (χ1n) is 6.28. The molecule has 1 atom stereocenters. The third-order valence-corrected chi connectivity index (χ3v) is 3.20. The van der Waals surface area contributed by atoms with Gasteiger partial charge in [-0.2, -0.15) is 0 Å². The Bertz CT molecular complexity index is 534. The Balaban J connectivity index is 1.96. The van der Waals surface area contributed by atoms with Crippen LogP contribution < -0.4 is 0 Å². The van der Waals surface area contributed by atoms with Gasteiger partial charge in [0, 0.05) is 12.1 Å². The third-order valence-electron chi connectivity index (χ3n) is 3.20. The summed E-state index contributed by atoms with van der Waals surface area (Å²) in [5.41, 5.74) is 2.46. The minimum Gasteiger partial charge on any atom is -0.258 e. The van der Waals surface area contributed by atoms with Crippen molar-refractivity contribution in [2.45, 2.75) is 18.8 Å². The molecular formula is C16H16NO2. The van der Waals surface area contributed by atoms with Gasteiger partial charge >= 0.3 is 0 Å². The average molecular weight is 254 g/mol. The van der Waals surface area contributed by atoms with E-state index in [0.717, 1.165) is 18.4 Å². The number of aryl methyl sites for hydroxylation is 1. The standard InChI is InChI=1S/C16H16NO2/c1-13(7-8-14-5-3-2-4-6-14)15-9-11-16(12-10-15)17(18)19/h2-6,9-13H,1,7-8H2. The van der Waals surface area contributed by atoms with Crippen molar-refractivity contribution in [3.63, 3.8) is 0 Å². The number of nitro benzene ring substituents is 1. The molecule has 19 heavy (non-hydrogen) atoms. The molecule has 0 spiro atoms. The minimum absolute atomic E-state index is 0.124. The van der Waals surface area contributed by atoms with Gasteiger partial charge in [0.2, 0.25) is 0 Å². The maximum Gasteiger partial charge on any atom is 0.269 e. The van der Waals surface area contributed by atoms with Crippen molar-refractivity contribution in [1.82, 2.24) is 0 Å². The molecule has 2 rings (SSSR count). The lowest BCUT2D eigenvalue weighted by Crippen LogP contribution is -1.97. The summed E-state index contributed by atoms with van der Waals surface area (Å²) in [7, 11) is 0. The predicted octanol–water partition coefficient (Wildman–Crippen LogP) is 4.15. The molecule has 0 aliphatic heterocycles. The second-order valence-corrected chi connectivity index (χ2v) is 4.57. The van der Waals surface area contributed by atoms with Crippen molar-refractivity contribution in [1.29, 1.82) is 0 Å². The summed E-state index contributed by atoms with van der Waals surface area (Å²) in [6, 6.07) is 16.9. The van der Waals surface area contributed by atoms with Gasteiger partial charge in [-0.25, -0.2) is 0 Å². The predicted molar refractivity (Wildman–Crippen MR) is 76.0 cm³/mol. The molecule has 1 radical (unpaired) electrons. The number of rotatable bonds is 5. The quantitative estimate of drug-likeness (QED) is 0.594. The Hall–Kier alpha value is -2.16. The summed E-state index contributed by atoms with van der Waals surface area (Å²) in [6.45, 7) is 4.13. The second-order valence-electron chi connectivity index (χ2n) is 4.57. The monoisotopic (exact) mass is 254 g/mol. The molecule has 0 heterocycles. The Morgan fingerprint density at radius 1 is 1.05 bits per heavy atom. The van der Waals surface area contributed by atoms with Crippen LogP contribution in [0.1, 0.15) is 23.5 Å². The van der Waals surface area contributed by atoms with E-state index < -0.39 is 0 Å². The summed E-state index contributed by atoms with van der Waals surface area (Å²) in [5, 5.41) is 10.6. The number of nitro groups is 1. The van der Waals surface area contributed by atoms with Crippen molar-refractivity contribution < 1.29 is 4.92 Å². The van der Waals surface area contributed by atoms with E-state index in [-0.39, 0.29) is 16.5 Å². The molecule has 3 heteroatoms. The molecule has 0 amide bonds. The fourth-order valence-electron chi connectivity index (χ4n) is 2.02. The lowest BCUT2D eigenvalue weighted by Gasteiger charge is -2.11. The van der Waals surface area contributed by atoms with Crippen molar-refractivity contribution in [2.24, 2.45) is 0 Å². The Kier molecular flexibility index (Phi) is 4.29. The fraction of sp³-hybridized carbons (Fsp3) is 0.188. The van der Waals surface area contributed by atoms with Crippen LogP contribution in [-0.2, 0) is 6.42 Å². The van der Waals surface area contributed by atoms with Crippen LogP contribution in [0.15, 0.2) is 54.6 Å². The molecule has 0 aliphatic carbocycles. The minimum atomic E-state index is -0.383. The van der Waals surface area contributed by atoms with Crippen LogP contribution >= 0.6 is 0 Å². The van der Waals surface area contributed by atoms with Crippen LogP contribution in [0.4, 0.5) is 5.69 Å². The van der Waals surface area contributed by atoms with Crippen molar-refractivity contribution in [3.05, 3.63) is 82.8 Å². The van der Waals surface area contributed by atoms with E-state index in [9.17, 15) is 10.1 Å². The van der Waals surface area contributed by atoms with E-state index in [0.29, 0.717) is 0 Å².